The summed E-state index contributed by atoms with van der Waals surface area (Å²) >= 11 is 0. The van der Waals surface area contributed by atoms with Crippen molar-refractivity contribution in [2.75, 3.05) is 25.9 Å². The minimum Gasteiger partial charge on any atom is -0.478 e. The summed E-state index contributed by atoms with van der Waals surface area (Å²) in [6, 6.07) is 12.0. The highest BCUT2D eigenvalue weighted by atomic mass is 16.7. The Hall–Kier alpha value is -2.90. The standard InChI is InChI=1S/C29H35NO6/c1-18(34-3)35-17-36-26-9-8-24(30(2)27(31)22-4-6-23(7-5-22)28(32)33)13-25(26)29-14-19-10-20(15-29)12-21(11-19)16-29/h4-9,13,18-21H,10-12,14-17H2,1-3H3,(H,32,33). The van der Waals surface area contributed by atoms with E-state index in [1.165, 1.54) is 56.2 Å². The average Bonchev–Trinajstić information content (AvgIpc) is 2.87. The molecule has 4 bridgehead atoms. The molecule has 7 nitrogen and oxygen atoms in total. The van der Waals surface area contributed by atoms with Gasteiger partial charge in [-0.3, -0.25) is 4.79 Å². The Balaban J connectivity index is 1.45. The minimum absolute atomic E-state index is 0.0694. The van der Waals surface area contributed by atoms with Gasteiger partial charge in [0.25, 0.3) is 5.91 Å². The lowest BCUT2D eigenvalue weighted by atomic mass is 9.48. The predicted octanol–water partition coefficient (Wildman–Crippen LogP) is 5.47. The normalized spacial score (nSPS) is 27.0. The lowest BCUT2D eigenvalue weighted by Crippen LogP contribution is -2.48. The van der Waals surface area contributed by atoms with Gasteiger partial charge in [0.05, 0.1) is 5.56 Å². The summed E-state index contributed by atoms with van der Waals surface area (Å²) in [7, 11) is 3.36. The van der Waals surface area contributed by atoms with Gasteiger partial charge in [0.15, 0.2) is 13.1 Å². The molecule has 4 saturated carbocycles. The van der Waals surface area contributed by atoms with Crippen molar-refractivity contribution in [2.24, 2.45) is 17.8 Å². The summed E-state index contributed by atoms with van der Waals surface area (Å²) in [5, 5.41) is 9.16. The lowest BCUT2D eigenvalue weighted by Gasteiger charge is -2.57. The quantitative estimate of drug-likeness (QED) is 0.466. The molecule has 2 aromatic carbocycles. The molecule has 2 aromatic rings. The van der Waals surface area contributed by atoms with Crippen LogP contribution in [0.2, 0.25) is 0 Å². The average molecular weight is 494 g/mol. The van der Waals surface area contributed by atoms with E-state index in [0.717, 1.165) is 29.2 Å². The zero-order chi connectivity index (χ0) is 25.4. The number of methoxy groups -OCH3 is 1. The van der Waals surface area contributed by atoms with Crippen LogP contribution in [0.5, 0.6) is 5.75 Å². The van der Waals surface area contributed by atoms with Gasteiger partial charge in [-0.2, -0.15) is 0 Å². The number of ether oxygens (including phenoxy) is 3. The number of carboxylic acid groups (broad SMARTS) is 1. The van der Waals surface area contributed by atoms with Gasteiger partial charge in [0.1, 0.15) is 5.75 Å². The predicted molar refractivity (Wildman–Crippen MR) is 135 cm³/mol. The Morgan fingerprint density at radius 3 is 2.14 bits per heavy atom. The maximum Gasteiger partial charge on any atom is 0.335 e. The number of anilines is 1. The Morgan fingerprint density at radius 2 is 1.58 bits per heavy atom. The van der Waals surface area contributed by atoms with Gasteiger partial charge in [-0.1, -0.05) is 0 Å². The van der Waals surface area contributed by atoms with E-state index in [2.05, 4.69) is 6.07 Å². The fourth-order valence-electron chi connectivity index (χ4n) is 7.04. The third-order valence-electron chi connectivity index (χ3n) is 8.49. The number of carbonyl (C=O) groups is 2. The molecule has 4 aliphatic carbocycles. The Labute approximate surface area is 212 Å². The van der Waals surface area contributed by atoms with E-state index in [0.29, 0.717) is 5.56 Å². The molecular weight excluding hydrogens is 458 g/mol. The number of benzene rings is 2. The van der Waals surface area contributed by atoms with E-state index in [4.69, 9.17) is 19.3 Å². The number of hydrogen-bond donors (Lipinski definition) is 1. The van der Waals surface area contributed by atoms with Crippen molar-refractivity contribution in [3.8, 4) is 5.75 Å². The Kier molecular flexibility index (Phi) is 6.79. The van der Waals surface area contributed by atoms with Crippen LogP contribution in [0.4, 0.5) is 5.69 Å². The van der Waals surface area contributed by atoms with Crippen LogP contribution in [0.3, 0.4) is 0 Å². The molecule has 1 atom stereocenters. The number of nitrogens with zero attached hydrogens (tertiary/aromatic N) is 1. The second kappa shape index (κ2) is 9.87. The zero-order valence-corrected chi connectivity index (χ0v) is 21.2. The highest BCUT2D eigenvalue weighted by molar-refractivity contribution is 6.06. The molecule has 0 aromatic heterocycles. The molecule has 4 aliphatic rings. The van der Waals surface area contributed by atoms with Crippen molar-refractivity contribution < 1.29 is 28.9 Å². The topological polar surface area (TPSA) is 85.3 Å². The van der Waals surface area contributed by atoms with Gasteiger partial charge in [-0.25, -0.2) is 4.79 Å². The number of carbonyl (C=O) groups excluding carboxylic acids is 1. The molecule has 0 spiro atoms. The van der Waals surface area contributed by atoms with E-state index in [-0.39, 0.29) is 30.0 Å². The molecule has 0 saturated heterocycles. The molecule has 1 unspecified atom stereocenters. The summed E-state index contributed by atoms with van der Waals surface area (Å²) in [5.74, 6) is 1.92. The van der Waals surface area contributed by atoms with E-state index < -0.39 is 5.97 Å². The number of carboxylic acids is 1. The minimum atomic E-state index is -1.01. The van der Waals surface area contributed by atoms with Crippen LogP contribution < -0.4 is 9.64 Å². The summed E-state index contributed by atoms with van der Waals surface area (Å²) in [4.78, 5) is 26.1. The van der Waals surface area contributed by atoms with E-state index in [1.54, 1.807) is 31.2 Å². The van der Waals surface area contributed by atoms with Crippen molar-refractivity contribution in [1.29, 1.82) is 0 Å². The van der Waals surface area contributed by atoms with Crippen LogP contribution >= 0.6 is 0 Å². The number of hydrogen-bond acceptors (Lipinski definition) is 5. The zero-order valence-electron chi connectivity index (χ0n) is 21.2. The van der Waals surface area contributed by atoms with Crippen molar-refractivity contribution >= 4 is 17.6 Å². The van der Waals surface area contributed by atoms with Gasteiger partial charge in [0.2, 0.25) is 0 Å². The molecule has 6 rings (SSSR count). The van der Waals surface area contributed by atoms with Crippen molar-refractivity contribution in [2.45, 2.75) is 57.2 Å². The van der Waals surface area contributed by atoms with Crippen LogP contribution in [0.25, 0.3) is 0 Å². The fraction of sp³-hybridized carbons (Fsp3) is 0.517. The van der Waals surface area contributed by atoms with Gasteiger partial charge in [-0.15, -0.1) is 0 Å². The first-order valence-corrected chi connectivity index (χ1v) is 12.8. The van der Waals surface area contributed by atoms with Gasteiger partial charge < -0.3 is 24.2 Å². The number of aromatic carboxylic acids is 1. The Bertz CT molecular complexity index is 1090. The first-order chi connectivity index (χ1) is 17.3. The monoisotopic (exact) mass is 493 g/mol. The number of amides is 1. The fourth-order valence-corrected chi connectivity index (χ4v) is 7.04. The molecule has 0 radical (unpaired) electrons. The molecule has 4 fully saturated rings. The summed E-state index contributed by atoms with van der Waals surface area (Å²) in [6.07, 6.45) is 7.17. The maximum absolute atomic E-state index is 13.3. The highest BCUT2D eigenvalue weighted by Gasteiger charge is 2.52. The second-order valence-electron chi connectivity index (χ2n) is 10.9. The van der Waals surface area contributed by atoms with Gasteiger partial charge in [0, 0.05) is 31.0 Å². The first kappa shape index (κ1) is 24.8. The SMILES string of the molecule is COC(C)OCOc1ccc(N(C)C(=O)c2ccc(C(=O)O)cc2)cc1C12CC3CC(CC(C3)C1)C2. The van der Waals surface area contributed by atoms with E-state index in [1.807, 2.05) is 19.1 Å². The molecule has 7 heteroatoms. The summed E-state index contributed by atoms with van der Waals surface area (Å²) < 4.78 is 17.0. The largest absolute Gasteiger partial charge is 0.478 e. The van der Waals surface area contributed by atoms with Crippen molar-refractivity contribution in [3.63, 3.8) is 0 Å². The molecule has 192 valence electrons. The first-order valence-electron chi connectivity index (χ1n) is 12.8. The van der Waals surface area contributed by atoms with Crippen LogP contribution in [0.15, 0.2) is 42.5 Å². The maximum atomic E-state index is 13.3. The van der Waals surface area contributed by atoms with Crippen molar-refractivity contribution in [1.82, 2.24) is 0 Å². The third kappa shape index (κ3) is 4.74. The molecule has 0 aliphatic heterocycles. The number of rotatable bonds is 9. The van der Waals surface area contributed by atoms with Crippen LogP contribution in [0.1, 0.15) is 71.7 Å². The summed E-state index contributed by atoms with van der Waals surface area (Å²) in [5.41, 5.74) is 2.64. The van der Waals surface area contributed by atoms with E-state index >= 15 is 0 Å². The van der Waals surface area contributed by atoms with Crippen LogP contribution in [-0.2, 0) is 14.9 Å². The molecular formula is C29H35NO6. The summed E-state index contributed by atoms with van der Waals surface area (Å²) in [6.45, 7) is 1.93. The molecule has 1 amide bonds. The molecule has 36 heavy (non-hydrogen) atoms. The molecule has 1 N–H and O–H groups in total. The lowest BCUT2D eigenvalue weighted by molar-refractivity contribution is -0.150. The second-order valence-corrected chi connectivity index (χ2v) is 10.9. The molecule has 0 heterocycles. The van der Waals surface area contributed by atoms with Gasteiger partial charge in [-0.05, 0) is 111 Å². The van der Waals surface area contributed by atoms with Crippen LogP contribution in [0, 0.1) is 17.8 Å². The van der Waals surface area contributed by atoms with Gasteiger partial charge >= 0.3 is 5.97 Å². The highest BCUT2D eigenvalue weighted by Crippen LogP contribution is 2.62. The Morgan fingerprint density at radius 1 is 1.00 bits per heavy atom. The van der Waals surface area contributed by atoms with Crippen molar-refractivity contribution in [3.05, 3.63) is 59.2 Å². The van der Waals surface area contributed by atoms with Crippen LogP contribution in [-0.4, -0.2) is 44.2 Å². The third-order valence-corrected chi connectivity index (χ3v) is 8.49. The van der Waals surface area contributed by atoms with E-state index in [9.17, 15) is 9.59 Å². The smallest absolute Gasteiger partial charge is 0.335 e.